The van der Waals surface area contributed by atoms with Crippen molar-refractivity contribution in [3.63, 3.8) is 0 Å². The lowest BCUT2D eigenvalue weighted by Gasteiger charge is -2.22. The van der Waals surface area contributed by atoms with E-state index in [0.717, 1.165) is 33.5 Å². The summed E-state index contributed by atoms with van der Waals surface area (Å²) in [6, 6.07) is 14.4. The number of carbonyl (C=O) groups is 2. The molecule has 0 spiro atoms. The topological polar surface area (TPSA) is 113 Å². The number of ether oxygens (including phenoxy) is 1. The molecule has 6 rings (SSSR count). The molecular weight excluding hydrogens is 480 g/mol. The normalized spacial score (nSPS) is 22.6. The van der Waals surface area contributed by atoms with Crippen LogP contribution in [-0.2, 0) is 9.53 Å². The molecule has 186 valence electrons. The second kappa shape index (κ2) is 9.27. The molecule has 1 fully saturated rings. The lowest BCUT2D eigenvalue weighted by molar-refractivity contribution is -0.113. The zero-order valence-electron chi connectivity index (χ0n) is 19.5. The zero-order chi connectivity index (χ0) is 24.8. The third kappa shape index (κ3) is 3.95. The van der Waals surface area contributed by atoms with E-state index in [9.17, 15) is 19.5 Å². The van der Waals surface area contributed by atoms with E-state index in [-0.39, 0.29) is 42.4 Å². The molecule has 3 atom stereocenters. The van der Waals surface area contributed by atoms with Gasteiger partial charge in [-0.3, -0.25) is 14.5 Å². The molecule has 0 unspecified atom stereocenters. The number of pyridine rings is 1. The van der Waals surface area contributed by atoms with Crippen LogP contribution in [0.4, 0.5) is 16.2 Å². The number of rotatable bonds is 7. The van der Waals surface area contributed by atoms with Crippen molar-refractivity contribution >= 4 is 46.0 Å². The van der Waals surface area contributed by atoms with Crippen LogP contribution in [-0.4, -0.2) is 53.2 Å². The first kappa shape index (κ1) is 23.1. The predicted molar refractivity (Wildman–Crippen MR) is 138 cm³/mol. The van der Waals surface area contributed by atoms with Crippen LogP contribution in [0.2, 0.25) is 0 Å². The van der Waals surface area contributed by atoms with E-state index < -0.39 is 0 Å². The predicted octanol–water partition coefficient (Wildman–Crippen LogP) is 3.03. The fourth-order valence-electron chi connectivity index (χ4n) is 5.42. The van der Waals surface area contributed by atoms with Gasteiger partial charge in [-0.05, 0) is 54.6 Å². The van der Waals surface area contributed by atoms with Crippen LogP contribution in [0, 0.1) is 0 Å². The molecule has 10 heteroatoms. The Morgan fingerprint density at radius 3 is 2.89 bits per heavy atom. The van der Waals surface area contributed by atoms with E-state index in [2.05, 4.69) is 10.6 Å². The summed E-state index contributed by atoms with van der Waals surface area (Å²) >= 11 is 1.48. The molecule has 1 saturated heterocycles. The minimum absolute atomic E-state index is 0.0473. The van der Waals surface area contributed by atoms with Gasteiger partial charge in [-0.1, -0.05) is 18.2 Å². The van der Waals surface area contributed by atoms with Gasteiger partial charge in [-0.2, -0.15) is 0 Å². The van der Waals surface area contributed by atoms with Gasteiger partial charge >= 0.3 is 6.09 Å². The first-order chi connectivity index (χ1) is 17.5. The van der Waals surface area contributed by atoms with Gasteiger partial charge in [0.2, 0.25) is 5.91 Å². The third-order valence-corrected chi connectivity index (χ3v) is 8.14. The van der Waals surface area contributed by atoms with Gasteiger partial charge in [0.25, 0.3) is 5.56 Å². The molecule has 1 aromatic heterocycles. The third-order valence-electron chi connectivity index (χ3n) is 7.07. The number of nitrogens with zero attached hydrogens (tertiary/aromatic N) is 2. The smallest absolute Gasteiger partial charge is 0.414 e. The van der Waals surface area contributed by atoms with Crippen molar-refractivity contribution < 1.29 is 19.4 Å². The average molecular weight is 507 g/mol. The Labute approximate surface area is 211 Å². The Morgan fingerprint density at radius 2 is 2.03 bits per heavy atom. The fourth-order valence-corrected chi connectivity index (χ4v) is 6.21. The van der Waals surface area contributed by atoms with E-state index >= 15 is 0 Å². The van der Waals surface area contributed by atoms with Crippen LogP contribution in [0.5, 0.6) is 0 Å². The number of thioether (sulfide) groups is 1. The van der Waals surface area contributed by atoms with Crippen molar-refractivity contribution in [2.75, 3.05) is 35.7 Å². The molecule has 0 bridgehead atoms. The molecule has 0 aliphatic carbocycles. The van der Waals surface area contributed by atoms with Gasteiger partial charge in [-0.25, -0.2) is 4.79 Å². The summed E-state index contributed by atoms with van der Waals surface area (Å²) in [6.45, 7) is 0.957. The molecule has 3 aliphatic rings. The van der Waals surface area contributed by atoms with Crippen LogP contribution in [0.15, 0.2) is 58.2 Å². The summed E-state index contributed by atoms with van der Waals surface area (Å²) < 4.78 is 7.30. The minimum atomic E-state index is -0.389. The number of nitrogens with one attached hydrogen (secondary N) is 2. The number of aliphatic hydroxyl groups is 1. The van der Waals surface area contributed by atoms with E-state index in [1.54, 1.807) is 15.5 Å². The molecule has 0 saturated carbocycles. The number of hydrogen-bond acceptors (Lipinski definition) is 7. The summed E-state index contributed by atoms with van der Waals surface area (Å²) in [5.41, 5.74) is 3.20. The summed E-state index contributed by atoms with van der Waals surface area (Å²) in [4.78, 5) is 39.4. The van der Waals surface area contributed by atoms with Gasteiger partial charge in [0, 0.05) is 16.6 Å². The Morgan fingerprint density at radius 1 is 1.14 bits per heavy atom. The van der Waals surface area contributed by atoms with Crippen LogP contribution in [0.1, 0.15) is 30.5 Å². The quantitative estimate of drug-likeness (QED) is 0.422. The molecule has 3 N–H and O–H groups in total. The van der Waals surface area contributed by atoms with E-state index in [1.807, 2.05) is 42.5 Å². The Kier molecular flexibility index (Phi) is 5.94. The van der Waals surface area contributed by atoms with E-state index in [4.69, 9.17) is 4.74 Å². The van der Waals surface area contributed by atoms with Crippen molar-refractivity contribution in [1.29, 1.82) is 0 Å². The molecule has 0 radical (unpaired) electrons. The fraction of sp³-hybridized carbons (Fsp3) is 0.346. The number of fused-ring (bicyclic) bond motifs is 1. The van der Waals surface area contributed by atoms with Crippen molar-refractivity contribution in [2.45, 2.75) is 35.9 Å². The van der Waals surface area contributed by atoms with Gasteiger partial charge in [0.05, 0.1) is 42.2 Å². The number of hydrogen-bond donors (Lipinski definition) is 3. The summed E-state index contributed by atoms with van der Waals surface area (Å²) in [7, 11) is 0. The number of carbonyl (C=O) groups excluding carboxylic acids is 2. The van der Waals surface area contributed by atoms with Gasteiger partial charge in [0.15, 0.2) is 0 Å². The zero-order valence-corrected chi connectivity index (χ0v) is 20.3. The Bertz CT molecular complexity index is 1420. The molecule has 3 aliphatic heterocycles. The summed E-state index contributed by atoms with van der Waals surface area (Å²) in [5, 5.41) is 17.4. The van der Waals surface area contributed by atoms with Crippen LogP contribution < -0.4 is 21.1 Å². The van der Waals surface area contributed by atoms with Gasteiger partial charge in [0.1, 0.15) is 6.10 Å². The number of para-hydroxylation sites is 1. The molecule has 4 heterocycles. The Hall–Kier alpha value is -3.34. The number of aliphatic hydroxyl groups excluding tert-OH is 1. The van der Waals surface area contributed by atoms with Crippen LogP contribution in [0.25, 0.3) is 10.9 Å². The second-order valence-electron chi connectivity index (χ2n) is 9.28. The second-order valence-corrected chi connectivity index (χ2v) is 10.3. The number of anilines is 2. The monoisotopic (exact) mass is 506 g/mol. The highest BCUT2D eigenvalue weighted by Crippen LogP contribution is 2.39. The van der Waals surface area contributed by atoms with Crippen LogP contribution in [0.3, 0.4) is 0 Å². The molecule has 2 amide bonds. The highest BCUT2D eigenvalue weighted by molar-refractivity contribution is 8.00. The maximum absolute atomic E-state index is 12.5. The summed E-state index contributed by atoms with van der Waals surface area (Å²) in [6.07, 6.45) is 0.818. The number of cyclic esters (lactones) is 1. The maximum Gasteiger partial charge on any atom is 0.414 e. The molecule has 3 aromatic rings. The Balaban J connectivity index is 1.08. The van der Waals surface area contributed by atoms with Crippen LogP contribution >= 0.6 is 11.8 Å². The minimum Gasteiger partial charge on any atom is -0.444 e. The first-order valence-electron chi connectivity index (χ1n) is 12.1. The lowest BCUT2D eigenvalue weighted by Crippen LogP contribution is -2.33. The van der Waals surface area contributed by atoms with E-state index in [1.165, 1.54) is 11.8 Å². The van der Waals surface area contributed by atoms with E-state index in [0.29, 0.717) is 31.0 Å². The van der Waals surface area contributed by atoms with Crippen molar-refractivity contribution in [3.8, 4) is 0 Å². The van der Waals surface area contributed by atoms with Crippen molar-refractivity contribution in [2.24, 2.45) is 0 Å². The lowest BCUT2D eigenvalue weighted by atomic mass is 10.0. The number of amides is 2. The standard InChI is InChI=1S/C26H26N4O5S/c31-13-20-24(18-5-1-3-15-6-9-23(33)30(20)25(15)18)27-10-2-4-17-12-29(26(34)35-17)16-7-8-21-19(11-16)28-22(32)14-36-21/h1,3,5-9,11,17,20,24,27,31H,2,4,10,12-14H2,(H,28,32)/t17-,20+,24-/m0/s1. The largest absolute Gasteiger partial charge is 0.444 e. The average Bonchev–Trinajstić information content (AvgIpc) is 3.42. The maximum atomic E-state index is 12.5. The van der Waals surface area contributed by atoms with Crippen molar-refractivity contribution in [1.82, 2.24) is 9.88 Å². The highest BCUT2D eigenvalue weighted by atomic mass is 32.2. The molecule has 36 heavy (non-hydrogen) atoms. The highest BCUT2D eigenvalue weighted by Gasteiger charge is 2.35. The number of benzene rings is 2. The summed E-state index contributed by atoms with van der Waals surface area (Å²) in [5.74, 6) is 0.348. The first-order valence-corrected chi connectivity index (χ1v) is 13.1. The number of aromatic nitrogens is 1. The molecule has 9 nitrogen and oxygen atoms in total. The molecule has 2 aromatic carbocycles. The molecular formula is C26H26N4O5S. The van der Waals surface area contributed by atoms with Gasteiger partial charge in [-0.15, -0.1) is 11.8 Å². The van der Waals surface area contributed by atoms with Crippen molar-refractivity contribution in [3.05, 3.63) is 64.4 Å². The SMILES string of the molecule is O=C1CSc2ccc(N3C[C@H](CCCN[C@H]4c5cccc6ccc(=O)n(c56)[C@@H]4CO)OC3=O)cc2N1. The van der Waals surface area contributed by atoms with Gasteiger partial charge < -0.3 is 25.0 Å².